The van der Waals surface area contributed by atoms with E-state index in [0.29, 0.717) is 5.38 Å². The minimum Gasteiger partial charge on any atom is -0.490 e. The summed E-state index contributed by atoms with van der Waals surface area (Å²) in [7, 11) is 0. The Balaban J connectivity index is 2.08. The van der Waals surface area contributed by atoms with E-state index in [9.17, 15) is 0 Å². The van der Waals surface area contributed by atoms with Crippen molar-refractivity contribution >= 4 is 17.4 Å². The highest BCUT2D eigenvalue weighted by Crippen LogP contribution is 2.28. The first-order chi connectivity index (χ1) is 8.31. The van der Waals surface area contributed by atoms with Gasteiger partial charge in [-0.2, -0.15) is 0 Å². The van der Waals surface area contributed by atoms with E-state index in [1.165, 1.54) is 0 Å². The summed E-state index contributed by atoms with van der Waals surface area (Å²) < 4.78 is 5.73. The van der Waals surface area contributed by atoms with Gasteiger partial charge >= 0.3 is 0 Å². The lowest BCUT2D eigenvalue weighted by molar-refractivity contribution is 0.316. The van der Waals surface area contributed by atoms with Crippen molar-refractivity contribution in [3.8, 4) is 5.75 Å². The molecule has 1 aliphatic heterocycles. The van der Waals surface area contributed by atoms with Crippen LogP contribution in [0.3, 0.4) is 0 Å². The van der Waals surface area contributed by atoms with Crippen molar-refractivity contribution in [2.75, 3.05) is 24.6 Å². The third kappa shape index (κ3) is 3.25. The minimum absolute atomic E-state index is 0.315. The summed E-state index contributed by atoms with van der Waals surface area (Å²) >= 11 is 6.11. The van der Waals surface area contributed by atoms with Crippen LogP contribution >= 0.6 is 11.6 Å². The molecule has 0 spiro atoms. The van der Waals surface area contributed by atoms with Crippen LogP contribution in [-0.2, 0) is 0 Å². The maximum Gasteiger partial charge on any atom is 0.171 e. The predicted octanol–water partition coefficient (Wildman–Crippen LogP) is 3.08. The van der Waals surface area contributed by atoms with Gasteiger partial charge in [-0.3, -0.25) is 0 Å². The number of hydrogen-bond donors (Lipinski definition) is 0. The van der Waals surface area contributed by atoms with Gasteiger partial charge in [0.2, 0.25) is 0 Å². The number of aromatic nitrogens is 1. The van der Waals surface area contributed by atoms with E-state index in [1.807, 2.05) is 18.3 Å². The van der Waals surface area contributed by atoms with E-state index >= 15 is 0 Å². The first kappa shape index (κ1) is 12.5. The number of anilines is 1. The molecular formula is C13H19ClN2O. The standard InChI is InChI=1S/C13H19ClN2O/c1-2-10-17-12-4-3-7-15-13(12)16-8-5-11(14)6-9-16/h3-4,7,11H,2,5-6,8-10H2,1H3. The number of hydrogen-bond acceptors (Lipinski definition) is 3. The van der Waals surface area contributed by atoms with Gasteiger partial charge < -0.3 is 9.64 Å². The minimum atomic E-state index is 0.315. The number of nitrogens with zero attached hydrogens (tertiary/aromatic N) is 2. The normalized spacial score (nSPS) is 17.2. The predicted molar refractivity (Wildman–Crippen MR) is 71.1 cm³/mol. The Hall–Kier alpha value is -0.960. The summed E-state index contributed by atoms with van der Waals surface area (Å²) in [6.07, 6.45) is 4.87. The highest BCUT2D eigenvalue weighted by molar-refractivity contribution is 6.20. The molecule has 1 saturated heterocycles. The van der Waals surface area contributed by atoms with Gasteiger partial charge in [0, 0.05) is 24.7 Å². The van der Waals surface area contributed by atoms with E-state index in [4.69, 9.17) is 16.3 Å². The van der Waals surface area contributed by atoms with E-state index in [1.54, 1.807) is 0 Å². The zero-order valence-electron chi connectivity index (χ0n) is 10.2. The lowest BCUT2D eigenvalue weighted by Gasteiger charge is -2.31. The molecule has 0 N–H and O–H groups in total. The van der Waals surface area contributed by atoms with E-state index in [0.717, 1.165) is 50.5 Å². The number of halogens is 1. The molecule has 2 heterocycles. The molecule has 2 rings (SSSR count). The van der Waals surface area contributed by atoms with Gasteiger partial charge in [-0.1, -0.05) is 6.92 Å². The Labute approximate surface area is 108 Å². The van der Waals surface area contributed by atoms with E-state index in [2.05, 4.69) is 16.8 Å². The molecule has 1 aromatic rings. The molecule has 0 amide bonds. The summed E-state index contributed by atoms with van der Waals surface area (Å²) in [6, 6.07) is 3.91. The van der Waals surface area contributed by atoms with Crippen LogP contribution in [0.2, 0.25) is 0 Å². The van der Waals surface area contributed by atoms with Gasteiger partial charge in [-0.05, 0) is 31.4 Å². The Morgan fingerprint density at radius 1 is 1.47 bits per heavy atom. The van der Waals surface area contributed by atoms with Gasteiger partial charge in [-0.15, -0.1) is 11.6 Å². The fourth-order valence-electron chi connectivity index (χ4n) is 2.00. The molecular weight excluding hydrogens is 236 g/mol. The zero-order valence-corrected chi connectivity index (χ0v) is 11.0. The molecule has 0 atom stereocenters. The number of ether oxygens (including phenoxy) is 1. The Kier molecular flexibility index (Phi) is 4.49. The van der Waals surface area contributed by atoms with Crippen molar-refractivity contribution in [1.82, 2.24) is 4.98 Å². The summed E-state index contributed by atoms with van der Waals surface area (Å²) in [5, 5.41) is 0.315. The maximum absolute atomic E-state index is 6.11. The summed E-state index contributed by atoms with van der Waals surface area (Å²) in [5.41, 5.74) is 0. The van der Waals surface area contributed by atoms with Crippen LogP contribution in [0, 0.1) is 0 Å². The summed E-state index contributed by atoms with van der Waals surface area (Å²) in [5.74, 6) is 1.85. The Morgan fingerprint density at radius 2 is 2.24 bits per heavy atom. The first-order valence-corrected chi connectivity index (χ1v) is 6.71. The van der Waals surface area contributed by atoms with Crippen molar-refractivity contribution in [3.05, 3.63) is 18.3 Å². The molecule has 94 valence electrons. The van der Waals surface area contributed by atoms with Crippen molar-refractivity contribution < 1.29 is 4.74 Å². The highest BCUT2D eigenvalue weighted by atomic mass is 35.5. The van der Waals surface area contributed by atoms with Crippen molar-refractivity contribution in [2.24, 2.45) is 0 Å². The van der Waals surface area contributed by atoms with Gasteiger partial charge in [0.25, 0.3) is 0 Å². The highest BCUT2D eigenvalue weighted by Gasteiger charge is 2.20. The average Bonchev–Trinajstić information content (AvgIpc) is 2.38. The molecule has 0 radical (unpaired) electrons. The molecule has 1 fully saturated rings. The SMILES string of the molecule is CCCOc1cccnc1N1CCC(Cl)CC1. The van der Waals surface area contributed by atoms with Crippen LogP contribution in [0.1, 0.15) is 26.2 Å². The largest absolute Gasteiger partial charge is 0.490 e. The van der Waals surface area contributed by atoms with Crippen molar-refractivity contribution in [2.45, 2.75) is 31.6 Å². The molecule has 0 unspecified atom stereocenters. The number of pyridine rings is 1. The molecule has 1 aromatic heterocycles. The Bertz CT molecular complexity index is 351. The van der Waals surface area contributed by atoms with Gasteiger partial charge in [0.05, 0.1) is 6.61 Å². The third-order valence-electron chi connectivity index (χ3n) is 2.94. The zero-order chi connectivity index (χ0) is 12.1. The summed E-state index contributed by atoms with van der Waals surface area (Å²) in [4.78, 5) is 6.71. The van der Waals surface area contributed by atoms with Crippen LogP contribution < -0.4 is 9.64 Å². The van der Waals surface area contributed by atoms with Crippen LogP contribution in [0.15, 0.2) is 18.3 Å². The van der Waals surface area contributed by atoms with Crippen molar-refractivity contribution in [3.63, 3.8) is 0 Å². The van der Waals surface area contributed by atoms with Gasteiger partial charge in [-0.25, -0.2) is 4.98 Å². The van der Waals surface area contributed by atoms with Crippen LogP contribution in [-0.4, -0.2) is 30.1 Å². The molecule has 1 aliphatic rings. The lowest BCUT2D eigenvalue weighted by Crippen LogP contribution is -2.34. The van der Waals surface area contributed by atoms with Gasteiger partial charge in [0.15, 0.2) is 11.6 Å². The van der Waals surface area contributed by atoms with Crippen molar-refractivity contribution in [1.29, 1.82) is 0 Å². The monoisotopic (exact) mass is 254 g/mol. The first-order valence-electron chi connectivity index (χ1n) is 6.28. The molecule has 0 bridgehead atoms. The van der Waals surface area contributed by atoms with Crippen LogP contribution in [0.5, 0.6) is 5.75 Å². The quantitative estimate of drug-likeness (QED) is 0.773. The second kappa shape index (κ2) is 6.10. The molecule has 0 aliphatic carbocycles. The van der Waals surface area contributed by atoms with Crippen LogP contribution in [0.4, 0.5) is 5.82 Å². The van der Waals surface area contributed by atoms with E-state index < -0.39 is 0 Å². The summed E-state index contributed by atoms with van der Waals surface area (Å²) in [6.45, 7) is 4.78. The fourth-order valence-corrected chi connectivity index (χ4v) is 2.20. The average molecular weight is 255 g/mol. The third-order valence-corrected chi connectivity index (χ3v) is 3.37. The fraction of sp³-hybridized carbons (Fsp3) is 0.615. The second-order valence-electron chi connectivity index (χ2n) is 4.34. The molecule has 4 heteroatoms. The number of piperidine rings is 1. The lowest BCUT2D eigenvalue weighted by atomic mass is 10.1. The molecule has 17 heavy (non-hydrogen) atoms. The number of alkyl halides is 1. The van der Waals surface area contributed by atoms with Gasteiger partial charge in [0.1, 0.15) is 0 Å². The second-order valence-corrected chi connectivity index (χ2v) is 4.95. The topological polar surface area (TPSA) is 25.4 Å². The Morgan fingerprint density at radius 3 is 2.94 bits per heavy atom. The number of rotatable bonds is 4. The van der Waals surface area contributed by atoms with Crippen LogP contribution in [0.25, 0.3) is 0 Å². The molecule has 0 aromatic carbocycles. The molecule has 0 saturated carbocycles. The smallest absolute Gasteiger partial charge is 0.171 e. The van der Waals surface area contributed by atoms with E-state index in [-0.39, 0.29) is 0 Å². The maximum atomic E-state index is 6.11. The molecule has 3 nitrogen and oxygen atoms in total.